The van der Waals surface area contributed by atoms with Gasteiger partial charge >= 0.3 is 6.09 Å². The fourth-order valence-corrected chi connectivity index (χ4v) is 8.50. The summed E-state index contributed by atoms with van der Waals surface area (Å²) in [4.78, 5) is 30.7. The molecule has 53 heavy (non-hydrogen) atoms. The Morgan fingerprint density at radius 1 is 1.09 bits per heavy atom. The van der Waals surface area contributed by atoms with Crippen molar-refractivity contribution in [2.45, 2.75) is 96.2 Å². The number of amides is 2. The van der Waals surface area contributed by atoms with Gasteiger partial charge in [-0.1, -0.05) is 18.7 Å². The minimum Gasteiger partial charge on any atom is -0.493 e. The van der Waals surface area contributed by atoms with Gasteiger partial charge in [0, 0.05) is 48.0 Å². The monoisotopic (exact) mass is 733 g/mol. The van der Waals surface area contributed by atoms with Crippen LogP contribution in [0.1, 0.15) is 73.2 Å². The van der Waals surface area contributed by atoms with Crippen molar-refractivity contribution in [2.24, 2.45) is 0 Å². The Labute approximate surface area is 311 Å². The summed E-state index contributed by atoms with van der Waals surface area (Å²) in [6.45, 7) is 15.1. The zero-order valence-corrected chi connectivity index (χ0v) is 32.1. The number of aryl methyl sites for hydroxylation is 1. The highest BCUT2D eigenvalue weighted by Gasteiger charge is 2.57. The van der Waals surface area contributed by atoms with Gasteiger partial charge < -0.3 is 43.8 Å². The molecule has 2 aromatic carbocycles. The van der Waals surface area contributed by atoms with Gasteiger partial charge in [0.25, 0.3) is 0 Å². The number of benzene rings is 2. The van der Waals surface area contributed by atoms with E-state index in [0.29, 0.717) is 41.6 Å². The maximum absolute atomic E-state index is 13.7. The molecule has 0 radical (unpaired) electrons. The lowest BCUT2D eigenvalue weighted by Crippen LogP contribution is -2.69. The standard InChI is InChI=1S/C39H51N5O9/c1-11-12-49-33-21(3)34-36(52-19-51-34)30-24(33)15-26-31-29-23(13-20(2)32(48-10)35(29)50-18-47-9)14-25(43(31)8)27(16-40)44(26)28(30)17-41-37(45)22(4)42-38(46)53-39(5,6)7/h11,13,22,25-28,31H,1,12,14-15,17-19H2,2-10H3,(H,41,45)(H,42,46)/t22-,25-,26?,27-,28-,31+/m0/s1. The molecule has 2 N–H and O–H groups in total. The molecule has 6 atom stereocenters. The van der Waals surface area contributed by atoms with Crippen LogP contribution in [-0.2, 0) is 27.1 Å². The van der Waals surface area contributed by atoms with E-state index >= 15 is 0 Å². The number of nitrogens with zero attached hydrogens (tertiary/aromatic N) is 3. The molecule has 2 aromatic rings. The molecule has 14 nitrogen and oxygen atoms in total. The number of rotatable bonds is 11. The van der Waals surface area contributed by atoms with Crippen molar-refractivity contribution in [1.29, 1.82) is 5.26 Å². The maximum atomic E-state index is 13.7. The molecule has 6 rings (SSSR count). The van der Waals surface area contributed by atoms with E-state index in [-0.39, 0.29) is 44.9 Å². The highest BCUT2D eigenvalue weighted by molar-refractivity contribution is 5.85. The Hall–Kier alpha value is -4.71. The van der Waals surface area contributed by atoms with Crippen LogP contribution in [0, 0.1) is 25.2 Å². The first-order valence-electron chi connectivity index (χ1n) is 17.9. The van der Waals surface area contributed by atoms with Gasteiger partial charge in [-0.2, -0.15) is 5.26 Å². The molecule has 1 saturated heterocycles. The molecule has 14 heteroatoms. The number of ether oxygens (including phenoxy) is 7. The Morgan fingerprint density at radius 3 is 2.49 bits per heavy atom. The van der Waals surface area contributed by atoms with Crippen molar-refractivity contribution in [1.82, 2.24) is 20.4 Å². The predicted molar refractivity (Wildman–Crippen MR) is 195 cm³/mol. The number of piperazine rings is 1. The first-order valence-corrected chi connectivity index (χ1v) is 17.9. The lowest BCUT2D eigenvalue weighted by molar-refractivity contribution is -0.123. The minimum absolute atomic E-state index is 0.0231. The largest absolute Gasteiger partial charge is 0.493 e. The molecule has 4 heterocycles. The van der Waals surface area contributed by atoms with Crippen LogP contribution in [0.3, 0.4) is 0 Å². The molecule has 4 aliphatic rings. The zero-order chi connectivity index (χ0) is 38.4. The third-order valence-electron chi connectivity index (χ3n) is 10.5. The number of carbonyl (C=O) groups excluding carboxylic acids is 2. The number of methoxy groups -OCH3 is 2. The van der Waals surface area contributed by atoms with E-state index in [9.17, 15) is 14.9 Å². The van der Waals surface area contributed by atoms with E-state index < -0.39 is 35.7 Å². The molecule has 1 fully saturated rings. The number of hydrogen-bond donors (Lipinski definition) is 2. The second-order valence-electron chi connectivity index (χ2n) is 15.0. The third kappa shape index (κ3) is 6.82. The summed E-state index contributed by atoms with van der Waals surface area (Å²) < 4.78 is 41.6. The lowest BCUT2D eigenvalue weighted by atomic mass is 9.71. The van der Waals surface area contributed by atoms with Crippen LogP contribution in [0.4, 0.5) is 4.79 Å². The van der Waals surface area contributed by atoms with Crippen molar-refractivity contribution >= 4 is 12.0 Å². The van der Waals surface area contributed by atoms with Crippen LogP contribution < -0.4 is 34.3 Å². The molecule has 1 unspecified atom stereocenters. The fraction of sp³-hybridized carbons (Fsp3) is 0.564. The van der Waals surface area contributed by atoms with Crippen LogP contribution in [-0.4, -0.2) is 99.6 Å². The van der Waals surface area contributed by atoms with Gasteiger partial charge in [0.1, 0.15) is 30.0 Å². The number of carbonyl (C=O) groups is 2. The van der Waals surface area contributed by atoms with E-state index in [0.717, 1.165) is 33.4 Å². The number of alkyl carbamates (subject to hydrolysis) is 1. The molecule has 2 amide bonds. The number of hydrogen-bond acceptors (Lipinski definition) is 12. The Balaban J connectivity index is 1.50. The van der Waals surface area contributed by atoms with Gasteiger partial charge in [-0.15, -0.1) is 0 Å². The molecule has 2 bridgehead atoms. The van der Waals surface area contributed by atoms with E-state index in [4.69, 9.17) is 33.2 Å². The van der Waals surface area contributed by atoms with E-state index in [1.165, 1.54) is 0 Å². The molecule has 4 aliphatic heterocycles. The van der Waals surface area contributed by atoms with Gasteiger partial charge in [-0.25, -0.2) is 4.79 Å². The van der Waals surface area contributed by atoms with E-state index in [1.54, 1.807) is 48.0 Å². The van der Waals surface area contributed by atoms with Crippen molar-refractivity contribution in [3.8, 4) is 34.8 Å². The van der Waals surface area contributed by atoms with E-state index in [1.807, 2.05) is 13.8 Å². The summed E-state index contributed by atoms with van der Waals surface area (Å²) in [5.41, 5.74) is 4.77. The van der Waals surface area contributed by atoms with Crippen LogP contribution in [0.25, 0.3) is 0 Å². The van der Waals surface area contributed by atoms with Crippen LogP contribution in [0.15, 0.2) is 18.7 Å². The average molecular weight is 734 g/mol. The lowest BCUT2D eigenvalue weighted by Gasteiger charge is -2.60. The highest BCUT2D eigenvalue weighted by Crippen LogP contribution is 2.58. The molecule has 0 saturated carbocycles. The van der Waals surface area contributed by atoms with Crippen LogP contribution in [0.2, 0.25) is 0 Å². The summed E-state index contributed by atoms with van der Waals surface area (Å²) in [7, 11) is 5.27. The van der Waals surface area contributed by atoms with Crippen LogP contribution in [0.5, 0.6) is 28.7 Å². The number of fused-ring (bicyclic) bond motifs is 9. The number of nitriles is 1. The second-order valence-corrected chi connectivity index (χ2v) is 15.0. The summed E-state index contributed by atoms with van der Waals surface area (Å²) in [5, 5.41) is 16.7. The SMILES string of the molecule is C=CCOc1c(C)c2c(c3c1CC1[C@@H]4c5c(cc(C)c(OC)c5OCOC)C[C@@H]([C@H](C#N)N1[C@H]3CNC(=O)[C@H](C)NC(=O)OC(C)(C)C)N4C)OCO2. The third-order valence-corrected chi connectivity index (χ3v) is 10.5. The Bertz CT molecular complexity index is 1820. The second kappa shape index (κ2) is 15.0. The molecule has 286 valence electrons. The van der Waals surface area contributed by atoms with Crippen LogP contribution >= 0.6 is 0 Å². The topological polar surface area (TPSA) is 153 Å². The predicted octanol–water partition coefficient (Wildman–Crippen LogP) is 4.39. The van der Waals surface area contributed by atoms with Gasteiger partial charge in [-0.05, 0) is 72.6 Å². The molecule has 0 spiro atoms. The Kier molecular flexibility index (Phi) is 10.7. The molecular formula is C39H51N5O9. The normalized spacial score (nSPS) is 23.4. The molecular weight excluding hydrogens is 682 g/mol. The fourth-order valence-electron chi connectivity index (χ4n) is 8.50. The molecule has 0 aromatic heterocycles. The first kappa shape index (κ1) is 38.0. The van der Waals surface area contributed by atoms with Gasteiger partial charge in [-0.3, -0.25) is 14.6 Å². The first-order chi connectivity index (χ1) is 25.3. The Morgan fingerprint density at radius 2 is 1.83 bits per heavy atom. The smallest absolute Gasteiger partial charge is 0.408 e. The number of nitrogens with one attached hydrogen (secondary N) is 2. The minimum atomic E-state index is -0.903. The maximum Gasteiger partial charge on any atom is 0.408 e. The summed E-state index contributed by atoms with van der Waals surface area (Å²) in [6, 6.07) is 2.01. The van der Waals surface area contributed by atoms with Crippen molar-refractivity contribution < 1.29 is 42.7 Å². The van der Waals surface area contributed by atoms with Gasteiger partial charge in [0.2, 0.25) is 12.7 Å². The van der Waals surface area contributed by atoms with Crippen molar-refractivity contribution in [2.75, 3.05) is 48.0 Å². The van der Waals surface area contributed by atoms with Crippen molar-refractivity contribution in [3.05, 3.63) is 52.1 Å². The summed E-state index contributed by atoms with van der Waals surface area (Å²) in [5.74, 6) is 2.63. The number of likely N-dealkylation sites (N-methyl/N-ethyl adjacent to an activating group) is 1. The zero-order valence-electron chi connectivity index (χ0n) is 32.1. The quantitative estimate of drug-likeness (QED) is 0.249. The van der Waals surface area contributed by atoms with Crippen molar-refractivity contribution in [3.63, 3.8) is 0 Å². The average Bonchev–Trinajstić information content (AvgIpc) is 3.59. The molecule has 0 aliphatic carbocycles. The van der Waals surface area contributed by atoms with E-state index in [2.05, 4.69) is 46.2 Å². The summed E-state index contributed by atoms with van der Waals surface area (Å²) in [6.07, 6.45) is 2.07. The van der Waals surface area contributed by atoms with Gasteiger partial charge in [0.15, 0.2) is 29.8 Å². The van der Waals surface area contributed by atoms with Gasteiger partial charge in [0.05, 0.1) is 25.3 Å². The highest BCUT2D eigenvalue weighted by atomic mass is 16.7. The summed E-state index contributed by atoms with van der Waals surface area (Å²) >= 11 is 0.